The summed E-state index contributed by atoms with van der Waals surface area (Å²) in [5.41, 5.74) is 1.73. The third-order valence-electron chi connectivity index (χ3n) is 1.70. The highest BCUT2D eigenvalue weighted by Crippen LogP contribution is 2.09. The summed E-state index contributed by atoms with van der Waals surface area (Å²) in [5, 5.41) is 8.53. The molecule has 0 unspecified atom stereocenters. The normalized spacial score (nSPS) is 11.0. The van der Waals surface area contributed by atoms with E-state index in [1.165, 1.54) is 12.3 Å². The first kappa shape index (κ1) is 9.86. The van der Waals surface area contributed by atoms with Crippen LogP contribution in [-0.4, -0.2) is 16.7 Å². The summed E-state index contributed by atoms with van der Waals surface area (Å²) in [7, 11) is 0. The molecule has 1 aromatic heterocycles. The number of aryl methyl sites for hydroxylation is 1. The fraction of sp³-hybridized carbons (Fsp3) is 0.300. The van der Waals surface area contributed by atoms with Gasteiger partial charge in [0.15, 0.2) is 0 Å². The Labute approximate surface area is 76.7 Å². The molecule has 70 valence electrons. The summed E-state index contributed by atoms with van der Waals surface area (Å²) in [6, 6.07) is 1.38. The number of aromatic nitrogens is 1. The molecule has 0 amide bonds. The van der Waals surface area contributed by atoms with Gasteiger partial charge < -0.3 is 5.11 Å². The van der Waals surface area contributed by atoms with Crippen molar-refractivity contribution in [2.45, 2.75) is 13.3 Å². The van der Waals surface area contributed by atoms with Crippen molar-refractivity contribution < 1.29 is 9.50 Å². The van der Waals surface area contributed by atoms with E-state index >= 15 is 0 Å². The van der Waals surface area contributed by atoms with Gasteiger partial charge in [-0.1, -0.05) is 12.2 Å². The van der Waals surface area contributed by atoms with Gasteiger partial charge in [0.2, 0.25) is 5.95 Å². The molecule has 0 aliphatic rings. The monoisotopic (exact) mass is 181 g/mol. The lowest BCUT2D eigenvalue weighted by atomic mass is 10.1. The molecular formula is C10H12FNO. The second-order valence-corrected chi connectivity index (χ2v) is 2.78. The molecule has 0 fully saturated rings. The molecule has 0 aliphatic heterocycles. The molecule has 0 aromatic carbocycles. The zero-order chi connectivity index (χ0) is 9.68. The lowest BCUT2D eigenvalue weighted by Crippen LogP contribution is -1.87. The molecule has 1 N–H and O–H groups in total. The summed E-state index contributed by atoms with van der Waals surface area (Å²) in [5.74, 6) is -0.478. The van der Waals surface area contributed by atoms with E-state index in [1.807, 2.05) is 13.0 Å². The molecule has 1 heterocycles. The third kappa shape index (κ3) is 2.95. The Hall–Kier alpha value is -1.22. The van der Waals surface area contributed by atoms with Crippen LogP contribution >= 0.6 is 0 Å². The molecule has 13 heavy (non-hydrogen) atoms. The minimum atomic E-state index is -0.478. The van der Waals surface area contributed by atoms with Gasteiger partial charge in [0, 0.05) is 18.9 Å². The summed E-state index contributed by atoms with van der Waals surface area (Å²) in [6.45, 7) is 1.98. The van der Waals surface area contributed by atoms with Crippen molar-refractivity contribution in [1.29, 1.82) is 0 Å². The number of nitrogens with zero attached hydrogens (tertiary/aromatic N) is 1. The molecule has 3 heteroatoms. The van der Waals surface area contributed by atoms with Crippen molar-refractivity contribution >= 4 is 6.08 Å². The van der Waals surface area contributed by atoms with Crippen LogP contribution in [0.1, 0.15) is 17.5 Å². The van der Waals surface area contributed by atoms with Crippen LogP contribution < -0.4 is 0 Å². The predicted octanol–water partition coefficient (Wildman–Crippen LogP) is 1.92. The number of pyridine rings is 1. The summed E-state index contributed by atoms with van der Waals surface area (Å²) in [6.07, 6.45) is 5.68. The average molecular weight is 181 g/mol. The van der Waals surface area contributed by atoms with Gasteiger partial charge in [-0.3, -0.25) is 0 Å². The lowest BCUT2D eigenvalue weighted by Gasteiger charge is -1.98. The number of aliphatic hydroxyl groups excluding tert-OH is 1. The Morgan fingerprint density at radius 2 is 2.38 bits per heavy atom. The molecule has 0 atom stereocenters. The fourth-order valence-corrected chi connectivity index (χ4v) is 0.977. The van der Waals surface area contributed by atoms with Crippen molar-refractivity contribution in [2.24, 2.45) is 0 Å². The number of halogens is 1. The van der Waals surface area contributed by atoms with E-state index in [9.17, 15) is 4.39 Å². The molecule has 1 rings (SSSR count). The maximum Gasteiger partial charge on any atom is 0.213 e. The van der Waals surface area contributed by atoms with Crippen LogP contribution in [0.15, 0.2) is 18.3 Å². The maximum absolute atomic E-state index is 12.7. The molecule has 0 bridgehead atoms. The Balaban J connectivity index is 2.81. The quantitative estimate of drug-likeness (QED) is 0.723. The molecule has 1 aromatic rings. The Kier molecular flexibility index (Phi) is 3.58. The Morgan fingerprint density at radius 1 is 1.62 bits per heavy atom. The molecular weight excluding hydrogens is 169 g/mol. The smallest absolute Gasteiger partial charge is 0.213 e. The van der Waals surface area contributed by atoms with Gasteiger partial charge >= 0.3 is 0 Å². The zero-order valence-electron chi connectivity index (χ0n) is 7.50. The van der Waals surface area contributed by atoms with Gasteiger partial charge in [0.25, 0.3) is 0 Å². The van der Waals surface area contributed by atoms with Crippen LogP contribution in [0.4, 0.5) is 4.39 Å². The topological polar surface area (TPSA) is 33.1 Å². The SMILES string of the molecule is Cc1cnc(F)cc1C=CCCO. The van der Waals surface area contributed by atoms with Crippen LogP contribution in [0.2, 0.25) is 0 Å². The van der Waals surface area contributed by atoms with Crippen molar-refractivity contribution in [3.8, 4) is 0 Å². The first-order valence-electron chi connectivity index (χ1n) is 4.13. The minimum absolute atomic E-state index is 0.114. The Morgan fingerprint density at radius 3 is 3.08 bits per heavy atom. The van der Waals surface area contributed by atoms with E-state index < -0.39 is 5.95 Å². The van der Waals surface area contributed by atoms with Crippen LogP contribution in [0, 0.1) is 12.9 Å². The van der Waals surface area contributed by atoms with Crippen molar-refractivity contribution in [3.63, 3.8) is 0 Å². The van der Waals surface area contributed by atoms with Gasteiger partial charge in [-0.15, -0.1) is 0 Å². The fourth-order valence-electron chi connectivity index (χ4n) is 0.977. The van der Waals surface area contributed by atoms with Gasteiger partial charge in [-0.25, -0.2) is 4.98 Å². The van der Waals surface area contributed by atoms with E-state index in [0.29, 0.717) is 6.42 Å². The van der Waals surface area contributed by atoms with Crippen molar-refractivity contribution in [2.75, 3.05) is 6.61 Å². The molecule has 0 aliphatic carbocycles. The maximum atomic E-state index is 12.7. The van der Waals surface area contributed by atoms with Gasteiger partial charge in [0.1, 0.15) is 0 Å². The second kappa shape index (κ2) is 4.72. The third-order valence-corrected chi connectivity index (χ3v) is 1.70. The highest BCUT2D eigenvalue weighted by atomic mass is 19.1. The predicted molar refractivity (Wildman–Crippen MR) is 49.7 cm³/mol. The number of rotatable bonds is 3. The number of hydrogen-bond donors (Lipinski definition) is 1. The highest BCUT2D eigenvalue weighted by Gasteiger charge is 1.96. The van der Waals surface area contributed by atoms with Crippen molar-refractivity contribution in [3.05, 3.63) is 35.4 Å². The molecule has 0 spiro atoms. The van der Waals surface area contributed by atoms with E-state index in [2.05, 4.69) is 4.98 Å². The van der Waals surface area contributed by atoms with E-state index in [4.69, 9.17) is 5.11 Å². The Bertz CT molecular complexity index is 310. The van der Waals surface area contributed by atoms with E-state index in [-0.39, 0.29) is 6.61 Å². The summed E-state index contributed by atoms with van der Waals surface area (Å²) >= 11 is 0. The summed E-state index contributed by atoms with van der Waals surface area (Å²) < 4.78 is 12.7. The van der Waals surface area contributed by atoms with E-state index in [0.717, 1.165) is 11.1 Å². The van der Waals surface area contributed by atoms with E-state index in [1.54, 1.807) is 6.08 Å². The van der Waals surface area contributed by atoms with Gasteiger partial charge in [0.05, 0.1) is 0 Å². The average Bonchev–Trinajstić information content (AvgIpc) is 2.11. The lowest BCUT2D eigenvalue weighted by molar-refractivity contribution is 0.303. The highest BCUT2D eigenvalue weighted by molar-refractivity contribution is 5.52. The zero-order valence-corrected chi connectivity index (χ0v) is 7.50. The second-order valence-electron chi connectivity index (χ2n) is 2.78. The minimum Gasteiger partial charge on any atom is -0.396 e. The molecule has 0 saturated heterocycles. The first-order chi connectivity index (χ1) is 6.24. The largest absolute Gasteiger partial charge is 0.396 e. The van der Waals surface area contributed by atoms with Crippen LogP contribution in [-0.2, 0) is 0 Å². The van der Waals surface area contributed by atoms with Gasteiger partial charge in [-0.05, 0) is 24.5 Å². The molecule has 2 nitrogen and oxygen atoms in total. The van der Waals surface area contributed by atoms with Crippen molar-refractivity contribution in [1.82, 2.24) is 4.98 Å². The van der Waals surface area contributed by atoms with Gasteiger partial charge in [-0.2, -0.15) is 4.39 Å². The number of aliphatic hydroxyl groups is 1. The summed E-state index contributed by atoms with van der Waals surface area (Å²) in [4.78, 5) is 3.52. The molecule has 0 saturated carbocycles. The van der Waals surface area contributed by atoms with Crippen LogP contribution in [0.3, 0.4) is 0 Å². The number of hydrogen-bond acceptors (Lipinski definition) is 2. The van der Waals surface area contributed by atoms with Crippen LogP contribution in [0.5, 0.6) is 0 Å². The standard InChI is InChI=1S/C10H12FNO/c1-8-7-12-10(11)6-9(8)4-2-3-5-13/h2,4,6-7,13H,3,5H2,1H3. The molecule has 0 radical (unpaired) electrons. The first-order valence-corrected chi connectivity index (χ1v) is 4.13. The van der Waals surface area contributed by atoms with Crippen LogP contribution in [0.25, 0.3) is 6.08 Å².